The molecule has 19 heavy (non-hydrogen) atoms. The number of carbonyl (C=O) groups is 1. The lowest BCUT2D eigenvalue weighted by molar-refractivity contribution is -0.159. The molecule has 0 amide bonds. The van der Waals surface area contributed by atoms with E-state index in [4.69, 9.17) is 4.74 Å². The van der Waals surface area contributed by atoms with E-state index in [0.717, 1.165) is 5.56 Å². The molecule has 0 saturated carbocycles. The van der Waals surface area contributed by atoms with Gasteiger partial charge in [-0.3, -0.25) is 4.79 Å². The van der Waals surface area contributed by atoms with E-state index in [2.05, 4.69) is 6.58 Å². The van der Waals surface area contributed by atoms with Crippen molar-refractivity contribution in [3.63, 3.8) is 0 Å². The molecule has 1 aromatic carbocycles. The fraction of sp³-hybridized carbons (Fsp3) is 0.438. The molecule has 1 rings (SSSR count). The maximum absolute atomic E-state index is 12.1. The molecular formula is C16H22O3. The van der Waals surface area contributed by atoms with Crippen molar-refractivity contribution in [1.82, 2.24) is 0 Å². The molecule has 0 unspecified atom stereocenters. The van der Waals surface area contributed by atoms with Crippen LogP contribution in [0.15, 0.2) is 36.9 Å². The molecule has 0 aliphatic heterocycles. The van der Waals surface area contributed by atoms with Crippen molar-refractivity contribution in [1.29, 1.82) is 0 Å². The van der Waals surface area contributed by atoms with Crippen LogP contribution < -0.4 is 0 Å². The van der Waals surface area contributed by atoms with Crippen molar-refractivity contribution >= 4 is 5.97 Å². The summed E-state index contributed by atoms with van der Waals surface area (Å²) in [7, 11) is 0. The number of rotatable bonds is 5. The quantitative estimate of drug-likeness (QED) is 0.653. The molecule has 0 spiro atoms. The third-order valence-corrected chi connectivity index (χ3v) is 2.61. The van der Waals surface area contributed by atoms with Crippen LogP contribution in [-0.2, 0) is 16.0 Å². The smallest absolute Gasteiger partial charge is 0.310 e. The predicted molar refractivity (Wildman–Crippen MR) is 76.0 cm³/mol. The van der Waals surface area contributed by atoms with Gasteiger partial charge in [0, 0.05) is 0 Å². The average Bonchev–Trinajstić information content (AvgIpc) is 2.29. The highest BCUT2D eigenvalue weighted by molar-refractivity contribution is 5.73. The Kier molecular flexibility index (Phi) is 5.16. The first-order valence-corrected chi connectivity index (χ1v) is 6.43. The molecule has 0 aliphatic carbocycles. The molecule has 3 heteroatoms. The maximum atomic E-state index is 12.1. The van der Waals surface area contributed by atoms with Gasteiger partial charge in [-0.05, 0) is 51.3 Å². The van der Waals surface area contributed by atoms with Crippen molar-refractivity contribution in [3.8, 4) is 5.75 Å². The van der Waals surface area contributed by atoms with Crippen LogP contribution in [0.4, 0.5) is 0 Å². The molecule has 3 nitrogen and oxygen atoms in total. The number of phenols is 1. The van der Waals surface area contributed by atoms with Crippen molar-refractivity contribution in [2.45, 2.75) is 39.2 Å². The number of aromatic hydroxyl groups is 1. The molecule has 104 valence electrons. The minimum atomic E-state index is -0.481. The summed E-state index contributed by atoms with van der Waals surface area (Å²) in [6, 6.07) is 6.87. The zero-order chi connectivity index (χ0) is 14.5. The number of hydrogen-bond acceptors (Lipinski definition) is 3. The maximum Gasteiger partial charge on any atom is 0.310 e. The van der Waals surface area contributed by atoms with E-state index in [0.29, 0.717) is 12.8 Å². The number of esters is 1. The van der Waals surface area contributed by atoms with E-state index in [1.54, 1.807) is 18.2 Å². The van der Waals surface area contributed by atoms with Gasteiger partial charge in [0.15, 0.2) is 0 Å². The van der Waals surface area contributed by atoms with Crippen LogP contribution in [0.5, 0.6) is 5.75 Å². The lowest BCUT2D eigenvalue weighted by atomic mass is 9.96. The standard InChI is InChI=1S/C16H22O3/c1-5-6-13(15(18)19-16(2,3)4)11-12-7-9-14(17)10-8-12/h5,7-10,13,17H,1,6,11H2,2-4H3/t13-/m0/s1. The Morgan fingerprint density at radius 2 is 1.95 bits per heavy atom. The van der Waals surface area contributed by atoms with Crippen LogP contribution in [0.25, 0.3) is 0 Å². The summed E-state index contributed by atoms with van der Waals surface area (Å²) in [4.78, 5) is 12.1. The second-order valence-corrected chi connectivity index (χ2v) is 5.63. The number of phenolic OH excluding ortho intramolecular Hbond substituents is 1. The summed E-state index contributed by atoms with van der Waals surface area (Å²) >= 11 is 0. The van der Waals surface area contributed by atoms with Gasteiger partial charge in [0.25, 0.3) is 0 Å². The first kappa shape index (κ1) is 15.3. The fourth-order valence-corrected chi connectivity index (χ4v) is 1.77. The molecule has 0 saturated heterocycles. The Morgan fingerprint density at radius 1 is 1.37 bits per heavy atom. The van der Waals surface area contributed by atoms with Gasteiger partial charge in [-0.1, -0.05) is 18.2 Å². The van der Waals surface area contributed by atoms with Gasteiger partial charge in [-0.15, -0.1) is 6.58 Å². The largest absolute Gasteiger partial charge is 0.508 e. The van der Waals surface area contributed by atoms with Crippen LogP contribution in [0.1, 0.15) is 32.8 Å². The molecule has 1 N–H and O–H groups in total. The molecule has 1 aromatic rings. The number of ether oxygens (including phenoxy) is 1. The predicted octanol–water partition coefficient (Wildman–Crippen LogP) is 3.47. The normalized spacial score (nSPS) is 12.8. The zero-order valence-electron chi connectivity index (χ0n) is 11.8. The topological polar surface area (TPSA) is 46.5 Å². The molecule has 1 atom stereocenters. The van der Waals surface area contributed by atoms with Crippen molar-refractivity contribution in [3.05, 3.63) is 42.5 Å². The van der Waals surface area contributed by atoms with Crippen molar-refractivity contribution < 1.29 is 14.6 Å². The van der Waals surface area contributed by atoms with Gasteiger partial charge in [-0.25, -0.2) is 0 Å². The van der Waals surface area contributed by atoms with Crippen molar-refractivity contribution in [2.75, 3.05) is 0 Å². The second-order valence-electron chi connectivity index (χ2n) is 5.63. The van der Waals surface area contributed by atoms with E-state index in [1.807, 2.05) is 32.9 Å². The molecular weight excluding hydrogens is 240 g/mol. The van der Waals surface area contributed by atoms with Crippen LogP contribution in [0, 0.1) is 5.92 Å². The first-order chi connectivity index (χ1) is 8.81. The minimum absolute atomic E-state index is 0.208. The van der Waals surface area contributed by atoms with Gasteiger partial charge in [0.1, 0.15) is 11.4 Å². The third-order valence-electron chi connectivity index (χ3n) is 2.61. The summed E-state index contributed by atoms with van der Waals surface area (Å²) in [6.45, 7) is 9.26. The van der Waals surface area contributed by atoms with E-state index in [9.17, 15) is 9.90 Å². The number of carbonyl (C=O) groups excluding carboxylic acids is 1. The first-order valence-electron chi connectivity index (χ1n) is 6.43. The van der Waals surface area contributed by atoms with Crippen LogP contribution in [0.2, 0.25) is 0 Å². The number of hydrogen-bond donors (Lipinski definition) is 1. The van der Waals surface area contributed by atoms with Crippen LogP contribution in [0.3, 0.4) is 0 Å². The molecule has 0 bridgehead atoms. The van der Waals surface area contributed by atoms with E-state index >= 15 is 0 Å². The summed E-state index contributed by atoms with van der Waals surface area (Å²) in [5.74, 6) is -0.219. The Bertz CT molecular complexity index is 426. The van der Waals surface area contributed by atoms with Gasteiger partial charge < -0.3 is 9.84 Å². The van der Waals surface area contributed by atoms with Crippen molar-refractivity contribution in [2.24, 2.45) is 5.92 Å². The molecule has 0 heterocycles. The Morgan fingerprint density at radius 3 is 2.42 bits per heavy atom. The van der Waals surface area contributed by atoms with Gasteiger partial charge in [-0.2, -0.15) is 0 Å². The van der Waals surface area contributed by atoms with E-state index < -0.39 is 5.60 Å². The Labute approximate surface area is 114 Å². The summed E-state index contributed by atoms with van der Waals surface area (Å²) in [6.07, 6.45) is 2.89. The average molecular weight is 262 g/mol. The van der Waals surface area contributed by atoms with Gasteiger partial charge in [0.05, 0.1) is 5.92 Å². The molecule has 0 aromatic heterocycles. The summed E-state index contributed by atoms with van der Waals surface area (Å²) in [5.41, 5.74) is 0.515. The zero-order valence-corrected chi connectivity index (χ0v) is 11.8. The Balaban J connectivity index is 2.74. The van der Waals surface area contributed by atoms with Crippen LogP contribution >= 0.6 is 0 Å². The molecule has 0 aliphatic rings. The van der Waals surface area contributed by atoms with Crippen LogP contribution in [-0.4, -0.2) is 16.7 Å². The number of allylic oxidation sites excluding steroid dienone is 1. The van der Waals surface area contributed by atoms with Gasteiger partial charge >= 0.3 is 5.97 Å². The van der Waals surface area contributed by atoms with E-state index in [1.165, 1.54) is 0 Å². The summed E-state index contributed by atoms with van der Waals surface area (Å²) < 4.78 is 5.41. The van der Waals surface area contributed by atoms with Gasteiger partial charge in [0.2, 0.25) is 0 Å². The lowest BCUT2D eigenvalue weighted by Crippen LogP contribution is -2.29. The highest BCUT2D eigenvalue weighted by atomic mass is 16.6. The fourth-order valence-electron chi connectivity index (χ4n) is 1.77. The second kappa shape index (κ2) is 6.41. The third kappa shape index (κ3) is 5.60. The number of benzene rings is 1. The SMILES string of the molecule is C=CC[C@@H](Cc1ccc(O)cc1)C(=O)OC(C)(C)C. The monoisotopic (exact) mass is 262 g/mol. The molecule has 0 fully saturated rings. The highest BCUT2D eigenvalue weighted by Gasteiger charge is 2.24. The Hall–Kier alpha value is -1.77. The minimum Gasteiger partial charge on any atom is -0.508 e. The molecule has 0 radical (unpaired) electrons. The highest BCUT2D eigenvalue weighted by Crippen LogP contribution is 2.20. The summed E-state index contributed by atoms with van der Waals surface area (Å²) in [5, 5.41) is 9.25. The van der Waals surface area contributed by atoms with E-state index in [-0.39, 0.29) is 17.6 Å². The lowest BCUT2D eigenvalue weighted by Gasteiger charge is -2.23.